The molecule has 3 aromatic carbocycles. The molecule has 3 amide bonds. The minimum atomic E-state index is -3.57. The monoisotopic (exact) mass is 760 g/mol. The second kappa shape index (κ2) is 16.0. The van der Waals surface area contributed by atoms with Gasteiger partial charge in [-0.1, -0.05) is 41.9 Å². The van der Waals surface area contributed by atoms with Gasteiger partial charge in [-0.2, -0.15) is 4.98 Å². The number of aryl methyl sites for hydroxylation is 1. The number of anilines is 6. The van der Waals surface area contributed by atoms with Crippen LogP contribution in [0.25, 0.3) is 0 Å². The summed E-state index contributed by atoms with van der Waals surface area (Å²) >= 11 is 6.49. The fourth-order valence-corrected chi connectivity index (χ4v) is 7.73. The molecule has 2 aliphatic rings. The van der Waals surface area contributed by atoms with E-state index in [0.29, 0.717) is 30.2 Å². The highest BCUT2D eigenvalue weighted by Gasteiger charge is 2.28. The number of nitrogens with zero attached hydrogens (tertiary/aromatic N) is 5. The Morgan fingerprint density at radius 2 is 1.62 bits per heavy atom. The van der Waals surface area contributed by atoms with Crippen molar-refractivity contribution in [2.45, 2.75) is 63.8 Å². The first kappa shape index (κ1) is 37.8. The van der Waals surface area contributed by atoms with Crippen LogP contribution in [0.3, 0.4) is 0 Å². The Morgan fingerprint density at radius 3 is 2.34 bits per heavy atom. The number of hydrogen-bond acceptors (Lipinski definition) is 11. The van der Waals surface area contributed by atoms with E-state index in [1.807, 2.05) is 50.2 Å². The second-order valence-electron chi connectivity index (χ2n) is 13.7. The van der Waals surface area contributed by atoms with Gasteiger partial charge >= 0.3 is 6.03 Å². The zero-order chi connectivity index (χ0) is 37.9. The third kappa shape index (κ3) is 8.66. The number of hydrogen-bond donors (Lipinski definition) is 3. The first-order valence-electron chi connectivity index (χ1n) is 17.7. The largest absolute Gasteiger partial charge is 0.489 e. The molecule has 0 atom stereocenters. The quantitative estimate of drug-likeness (QED) is 0.142. The van der Waals surface area contributed by atoms with Crippen molar-refractivity contribution in [3.05, 3.63) is 83.0 Å². The highest BCUT2D eigenvalue weighted by molar-refractivity contribution is 7.92. The van der Waals surface area contributed by atoms with E-state index in [2.05, 4.69) is 42.6 Å². The van der Waals surface area contributed by atoms with Crippen LogP contribution in [0.5, 0.6) is 5.75 Å². The fourth-order valence-electron chi connectivity index (χ4n) is 6.39. The van der Waals surface area contributed by atoms with Gasteiger partial charge in [0.15, 0.2) is 15.7 Å². The van der Waals surface area contributed by atoms with Gasteiger partial charge in [0.25, 0.3) is 0 Å². The van der Waals surface area contributed by atoms with Gasteiger partial charge in [-0.3, -0.25) is 19.9 Å². The molecular formula is C38H45ClN8O5S. The van der Waals surface area contributed by atoms with Crippen molar-refractivity contribution in [1.29, 1.82) is 0 Å². The number of rotatable bonds is 12. The Kier molecular flexibility index (Phi) is 11.4. The predicted octanol–water partition coefficient (Wildman–Crippen LogP) is 6.66. The maximum absolute atomic E-state index is 13.1. The lowest BCUT2D eigenvalue weighted by Gasteiger charge is -2.38. The summed E-state index contributed by atoms with van der Waals surface area (Å²) in [5, 5.41) is 8.45. The molecule has 2 saturated heterocycles. The molecule has 15 heteroatoms. The standard InChI is InChI=1S/C38H45ClN8O5S/c1-24(2)52-33-21-32(46-18-16-45(17-19-46)23-27-10-6-8-12-31(27)47-15-14-35(48)43-38(47)49)26(5)20-30(33)42-37-40-22-28(39)36(44-37)41-29-11-7-9-13-34(29)53(50,51)25(3)4/h6-13,20-22,24-25H,14-19,23H2,1-5H3,(H,43,48,49)(H2,40,41,42,44). The summed E-state index contributed by atoms with van der Waals surface area (Å²) < 4.78 is 32.4. The van der Waals surface area contributed by atoms with E-state index < -0.39 is 15.1 Å². The molecule has 0 bridgehead atoms. The molecule has 280 valence electrons. The Labute approximate surface area is 315 Å². The molecule has 6 rings (SSSR count). The molecule has 0 saturated carbocycles. The van der Waals surface area contributed by atoms with Gasteiger partial charge in [0, 0.05) is 63.1 Å². The van der Waals surface area contributed by atoms with Crippen molar-refractivity contribution in [2.75, 3.05) is 53.2 Å². The average Bonchev–Trinajstić information content (AvgIpc) is 3.11. The topological polar surface area (TPSA) is 149 Å². The minimum Gasteiger partial charge on any atom is -0.489 e. The predicted molar refractivity (Wildman–Crippen MR) is 209 cm³/mol. The normalized spacial score (nSPS) is 15.5. The van der Waals surface area contributed by atoms with Crippen LogP contribution >= 0.6 is 11.6 Å². The van der Waals surface area contributed by atoms with E-state index in [-0.39, 0.29) is 46.1 Å². The number of nitrogens with one attached hydrogen (secondary N) is 3. The van der Waals surface area contributed by atoms with Crippen molar-refractivity contribution >= 4 is 67.9 Å². The van der Waals surface area contributed by atoms with Gasteiger partial charge in [-0.05, 0) is 70.0 Å². The number of piperazine rings is 1. The highest BCUT2D eigenvalue weighted by atomic mass is 35.5. The summed E-state index contributed by atoms with van der Waals surface area (Å²) in [5.41, 5.74) is 5.00. The third-order valence-electron chi connectivity index (χ3n) is 9.16. The van der Waals surface area contributed by atoms with Crippen molar-refractivity contribution in [2.24, 2.45) is 0 Å². The van der Waals surface area contributed by atoms with E-state index in [9.17, 15) is 18.0 Å². The Bertz CT molecular complexity index is 2100. The number of aromatic nitrogens is 2. The first-order valence-corrected chi connectivity index (χ1v) is 19.6. The molecule has 0 spiro atoms. The number of halogens is 1. The maximum atomic E-state index is 13.1. The van der Waals surface area contributed by atoms with Crippen LogP contribution < -0.4 is 30.5 Å². The molecule has 2 aliphatic heterocycles. The number of para-hydroxylation sites is 2. The van der Waals surface area contributed by atoms with Crippen LogP contribution in [0.15, 0.2) is 71.8 Å². The van der Waals surface area contributed by atoms with Gasteiger partial charge in [-0.25, -0.2) is 18.2 Å². The maximum Gasteiger partial charge on any atom is 0.328 e. The SMILES string of the molecule is Cc1cc(Nc2ncc(Cl)c(Nc3ccccc3S(=O)(=O)C(C)C)n2)c(OC(C)C)cc1N1CCN(Cc2ccccc2N2CCC(=O)NC2=O)CC1. The number of amides is 3. The Morgan fingerprint density at radius 1 is 0.906 bits per heavy atom. The molecule has 0 radical (unpaired) electrons. The van der Waals surface area contributed by atoms with Crippen molar-refractivity contribution in [3.63, 3.8) is 0 Å². The highest BCUT2D eigenvalue weighted by Crippen LogP contribution is 2.37. The number of benzene rings is 3. The molecule has 3 N–H and O–H groups in total. The average molecular weight is 761 g/mol. The number of imide groups is 1. The third-order valence-corrected chi connectivity index (χ3v) is 11.6. The van der Waals surface area contributed by atoms with Crippen LogP contribution in [-0.4, -0.2) is 79.3 Å². The number of urea groups is 1. The molecule has 4 aromatic rings. The summed E-state index contributed by atoms with van der Waals surface area (Å²) in [6, 6.07) is 18.2. The summed E-state index contributed by atoms with van der Waals surface area (Å²) in [7, 11) is -3.57. The molecule has 0 unspecified atom stereocenters. The van der Waals surface area contributed by atoms with Gasteiger partial charge < -0.3 is 20.3 Å². The van der Waals surface area contributed by atoms with Gasteiger partial charge in [0.2, 0.25) is 11.9 Å². The summed E-state index contributed by atoms with van der Waals surface area (Å²) in [6.07, 6.45) is 1.64. The molecule has 13 nitrogen and oxygen atoms in total. The van der Waals surface area contributed by atoms with Crippen molar-refractivity contribution in [1.82, 2.24) is 20.2 Å². The van der Waals surface area contributed by atoms with Crippen LogP contribution in [0.4, 0.5) is 39.3 Å². The molecule has 53 heavy (non-hydrogen) atoms. The zero-order valence-corrected chi connectivity index (χ0v) is 32.1. The summed E-state index contributed by atoms with van der Waals surface area (Å²) in [5.74, 6) is 0.896. The lowest BCUT2D eigenvalue weighted by molar-refractivity contribution is -0.120. The Balaban J connectivity index is 1.18. The molecule has 0 aliphatic carbocycles. The van der Waals surface area contributed by atoms with E-state index in [0.717, 1.165) is 48.7 Å². The lowest BCUT2D eigenvalue weighted by atomic mass is 10.1. The second-order valence-corrected chi connectivity index (χ2v) is 16.6. The van der Waals surface area contributed by atoms with Crippen molar-refractivity contribution < 1.29 is 22.7 Å². The molecule has 1 aromatic heterocycles. The zero-order valence-electron chi connectivity index (χ0n) is 30.5. The molecule has 3 heterocycles. The van der Waals surface area contributed by atoms with Gasteiger partial charge in [-0.15, -0.1) is 0 Å². The number of sulfone groups is 1. The van der Waals surface area contributed by atoms with Crippen LogP contribution in [-0.2, 0) is 21.2 Å². The molecule has 2 fully saturated rings. The number of carbonyl (C=O) groups is 2. The van der Waals surface area contributed by atoms with Crippen LogP contribution in [0.1, 0.15) is 45.2 Å². The van der Waals surface area contributed by atoms with Gasteiger partial charge in [0.05, 0.1) is 33.8 Å². The van der Waals surface area contributed by atoms with Crippen LogP contribution in [0, 0.1) is 6.92 Å². The van der Waals surface area contributed by atoms with E-state index in [1.165, 1.54) is 6.20 Å². The lowest BCUT2D eigenvalue weighted by Crippen LogP contribution is -2.50. The van der Waals surface area contributed by atoms with E-state index in [4.69, 9.17) is 16.3 Å². The van der Waals surface area contributed by atoms with E-state index in [1.54, 1.807) is 43.0 Å². The number of carbonyl (C=O) groups excluding carboxylic acids is 2. The van der Waals surface area contributed by atoms with Gasteiger partial charge in [0.1, 0.15) is 10.8 Å². The summed E-state index contributed by atoms with van der Waals surface area (Å²) in [4.78, 5) is 39.8. The first-order chi connectivity index (χ1) is 25.3. The number of ether oxygens (including phenoxy) is 1. The smallest absolute Gasteiger partial charge is 0.328 e. The summed E-state index contributed by atoms with van der Waals surface area (Å²) in [6.45, 7) is 13.5. The Hall–Kier alpha value is -4.92. The molecular weight excluding hydrogens is 716 g/mol. The minimum absolute atomic E-state index is 0.106. The van der Waals surface area contributed by atoms with Crippen molar-refractivity contribution in [3.8, 4) is 5.75 Å². The van der Waals surface area contributed by atoms with Crippen LogP contribution in [0.2, 0.25) is 5.02 Å². The fraction of sp³-hybridized carbons (Fsp3) is 0.368. The van der Waals surface area contributed by atoms with E-state index >= 15 is 0 Å².